The summed E-state index contributed by atoms with van der Waals surface area (Å²) < 4.78 is 0. The van der Waals surface area contributed by atoms with E-state index in [0.717, 1.165) is 41.1 Å². The molecule has 1 radical (unpaired) electrons. The second kappa shape index (κ2) is 24.9. The fourth-order valence-electron chi connectivity index (χ4n) is 11.0. The number of nitrogens with zero attached hydrogens (tertiary/aromatic N) is 2. The molecule has 0 atom stereocenters. The van der Waals surface area contributed by atoms with Gasteiger partial charge in [0, 0.05) is 72.5 Å². The van der Waals surface area contributed by atoms with Crippen molar-refractivity contribution in [1.82, 2.24) is 9.97 Å². The van der Waals surface area contributed by atoms with Crippen molar-refractivity contribution < 1.29 is 49.4 Å². The maximum Gasteiger partial charge on any atom is 0.0964 e. The van der Waals surface area contributed by atoms with Gasteiger partial charge < -0.3 is 0 Å². The molecular weight excluding hydrogens is 1080 g/mol. The Hall–Kier alpha value is -8.18. The number of hydrogen-bond acceptors (Lipinski definition) is 2. The van der Waals surface area contributed by atoms with E-state index in [0.29, 0.717) is 0 Å². The number of benzene rings is 13. The SMILES string of the molecule is [Eu].c1ccc2c(Cc3cccc4ccccc34)cccc2c1.c1ccc2c(Cc3cccc4ccccc34)cccc2c1.c1ccc2c(Cc3cccc4ccccc34)cccc2c1.c1cnc2c(c1)ccc1cccnc12. The first kappa shape index (κ1) is 51.9. The zero-order valence-corrected chi connectivity index (χ0v) is 45.7. The molecule has 0 aliphatic carbocycles. The normalized spacial score (nSPS) is 10.9. The molecule has 0 saturated carbocycles. The summed E-state index contributed by atoms with van der Waals surface area (Å²) in [5, 5.41) is 18.3. The Morgan fingerprint density at radius 1 is 0.179 bits per heavy atom. The summed E-state index contributed by atoms with van der Waals surface area (Å²) in [6.45, 7) is 0. The number of fused-ring (bicyclic) bond motifs is 9. The number of rotatable bonds is 6. The van der Waals surface area contributed by atoms with Crippen LogP contribution in [0.25, 0.3) is 86.4 Å². The van der Waals surface area contributed by atoms with Gasteiger partial charge in [0.15, 0.2) is 0 Å². The molecule has 0 aliphatic heterocycles. The van der Waals surface area contributed by atoms with Crippen LogP contribution in [0.3, 0.4) is 0 Å². The fourth-order valence-corrected chi connectivity index (χ4v) is 11.0. The molecule has 13 aromatic carbocycles. The van der Waals surface area contributed by atoms with Gasteiger partial charge in [-0.15, -0.1) is 0 Å². The summed E-state index contributed by atoms with van der Waals surface area (Å²) in [5.41, 5.74) is 10.3. The van der Waals surface area contributed by atoms with Gasteiger partial charge in [-0.1, -0.05) is 279 Å². The smallest absolute Gasteiger partial charge is 0.0964 e. The first-order valence-electron chi connectivity index (χ1n) is 26.6. The first-order valence-corrected chi connectivity index (χ1v) is 26.6. The Bertz CT molecular complexity index is 3830. The molecule has 15 aromatic rings. The van der Waals surface area contributed by atoms with Crippen molar-refractivity contribution in [2.75, 3.05) is 0 Å². The van der Waals surface area contributed by atoms with E-state index < -0.39 is 0 Å². The minimum atomic E-state index is 0. The van der Waals surface area contributed by atoms with E-state index in [9.17, 15) is 0 Å². The second-order valence-electron chi connectivity index (χ2n) is 19.6. The quantitative estimate of drug-likeness (QED) is 0.155. The van der Waals surface area contributed by atoms with Gasteiger partial charge >= 0.3 is 0 Å². The van der Waals surface area contributed by atoms with Crippen molar-refractivity contribution in [3.8, 4) is 0 Å². The molecule has 2 nitrogen and oxygen atoms in total. The van der Waals surface area contributed by atoms with Gasteiger partial charge in [0.05, 0.1) is 11.0 Å². The molecule has 15 rings (SSSR count). The van der Waals surface area contributed by atoms with Gasteiger partial charge in [-0.25, -0.2) is 0 Å². The van der Waals surface area contributed by atoms with E-state index in [1.54, 1.807) is 12.4 Å². The molecular formula is C75H56EuN2. The summed E-state index contributed by atoms with van der Waals surface area (Å²) in [6.07, 6.45) is 6.53. The molecule has 0 spiro atoms. The van der Waals surface area contributed by atoms with E-state index >= 15 is 0 Å². The molecule has 0 unspecified atom stereocenters. The van der Waals surface area contributed by atoms with Gasteiger partial charge in [-0.05, 0) is 129 Å². The molecule has 0 saturated heterocycles. The predicted molar refractivity (Wildman–Crippen MR) is 329 cm³/mol. The van der Waals surface area contributed by atoms with Crippen LogP contribution in [0.15, 0.2) is 304 Å². The maximum absolute atomic E-state index is 4.35. The van der Waals surface area contributed by atoms with Gasteiger partial charge in [-0.2, -0.15) is 0 Å². The predicted octanol–water partition coefficient (Wildman–Crippen LogP) is 19.5. The molecule has 373 valence electrons. The number of aromatic nitrogens is 2. The van der Waals surface area contributed by atoms with Crippen LogP contribution in [-0.2, 0) is 19.3 Å². The third-order valence-corrected chi connectivity index (χ3v) is 14.8. The van der Waals surface area contributed by atoms with Gasteiger partial charge in [0.25, 0.3) is 0 Å². The summed E-state index contributed by atoms with van der Waals surface area (Å²) in [6, 6.07) is 103. The van der Waals surface area contributed by atoms with Crippen LogP contribution >= 0.6 is 0 Å². The zero-order valence-electron chi connectivity index (χ0n) is 43.3. The van der Waals surface area contributed by atoms with Crippen LogP contribution in [0, 0.1) is 49.4 Å². The molecule has 0 aliphatic rings. The molecule has 3 heteroatoms. The Kier molecular flexibility index (Phi) is 16.6. The van der Waals surface area contributed by atoms with E-state index in [1.807, 2.05) is 12.1 Å². The third kappa shape index (κ3) is 11.7. The second-order valence-corrected chi connectivity index (χ2v) is 19.6. The van der Waals surface area contributed by atoms with Gasteiger partial charge in [0.1, 0.15) is 0 Å². The van der Waals surface area contributed by atoms with Crippen LogP contribution in [0.1, 0.15) is 33.4 Å². The minimum Gasteiger partial charge on any atom is -0.254 e. The standard InChI is InChI=1S/3C21H16.C12H8N2.Eu/c3*1-3-13-20-16(7-1)9-5-11-18(20)15-19-12-6-10-17-8-2-4-14-21(17)19;1-3-9-5-6-10-4-2-8-14-12(10)11(9)13-7-1;/h3*1-14H,15H2;1-8H;. The molecule has 2 heterocycles. The van der Waals surface area contributed by atoms with E-state index in [4.69, 9.17) is 0 Å². The van der Waals surface area contributed by atoms with Crippen LogP contribution in [0.2, 0.25) is 0 Å². The Labute approximate surface area is 497 Å². The van der Waals surface area contributed by atoms with Crippen molar-refractivity contribution >= 4 is 86.4 Å². The van der Waals surface area contributed by atoms with Gasteiger partial charge in [0.2, 0.25) is 0 Å². The summed E-state index contributed by atoms with van der Waals surface area (Å²) >= 11 is 0. The molecule has 0 N–H and O–H groups in total. The minimum absolute atomic E-state index is 0. The topological polar surface area (TPSA) is 25.8 Å². The van der Waals surface area contributed by atoms with Crippen molar-refractivity contribution in [1.29, 1.82) is 0 Å². The molecule has 0 bridgehead atoms. The van der Waals surface area contributed by atoms with Crippen LogP contribution < -0.4 is 0 Å². The summed E-state index contributed by atoms with van der Waals surface area (Å²) in [5.74, 6) is 0. The van der Waals surface area contributed by atoms with Crippen molar-refractivity contribution in [3.05, 3.63) is 337 Å². The molecule has 0 amide bonds. The maximum atomic E-state index is 4.35. The van der Waals surface area contributed by atoms with E-state index in [-0.39, 0.29) is 49.4 Å². The average molecular weight is 1140 g/mol. The largest absolute Gasteiger partial charge is 0.254 e. The van der Waals surface area contributed by atoms with E-state index in [2.05, 4.69) is 289 Å². The Morgan fingerprint density at radius 2 is 0.372 bits per heavy atom. The number of pyridine rings is 2. The monoisotopic (exact) mass is 1140 g/mol. The average Bonchev–Trinajstić information content (AvgIpc) is 3.54. The van der Waals surface area contributed by atoms with Crippen LogP contribution in [-0.4, -0.2) is 9.97 Å². The molecule has 0 fully saturated rings. The third-order valence-electron chi connectivity index (χ3n) is 14.8. The fraction of sp³-hybridized carbons (Fsp3) is 0.0400. The Balaban J connectivity index is 0.000000111. The van der Waals surface area contributed by atoms with Crippen LogP contribution in [0.5, 0.6) is 0 Å². The van der Waals surface area contributed by atoms with Crippen molar-refractivity contribution in [2.45, 2.75) is 19.3 Å². The summed E-state index contributed by atoms with van der Waals surface area (Å²) in [4.78, 5) is 8.69. The molecule has 2 aromatic heterocycles. The first-order chi connectivity index (χ1) is 38.2. The Morgan fingerprint density at radius 3 is 0.603 bits per heavy atom. The van der Waals surface area contributed by atoms with E-state index in [1.165, 1.54) is 98.0 Å². The molecule has 78 heavy (non-hydrogen) atoms. The summed E-state index contributed by atoms with van der Waals surface area (Å²) in [7, 11) is 0. The number of hydrogen-bond donors (Lipinski definition) is 0. The van der Waals surface area contributed by atoms with Crippen molar-refractivity contribution in [3.63, 3.8) is 0 Å². The zero-order chi connectivity index (χ0) is 51.6. The van der Waals surface area contributed by atoms with Gasteiger partial charge in [-0.3, -0.25) is 9.97 Å². The van der Waals surface area contributed by atoms with Crippen LogP contribution in [0.4, 0.5) is 0 Å². The van der Waals surface area contributed by atoms with Crippen molar-refractivity contribution in [2.24, 2.45) is 0 Å².